The zero-order chi connectivity index (χ0) is 16.0. The van der Waals surface area contributed by atoms with E-state index in [0.717, 1.165) is 24.8 Å². The highest BCUT2D eigenvalue weighted by Gasteiger charge is 2.33. The molecule has 118 valence electrons. The zero-order valence-corrected chi connectivity index (χ0v) is 13.6. The monoisotopic (exact) mass is 294 g/mol. The molecule has 0 radical (unpaired) electrons. The lowest BCUT2D eigenvalue weighted by molar-refractivity contribution is -0.126. The minimum atomic E-state index is -1.04. The molecule has 1 unspecified atom stereocenters. The summed E-state index contributed by atoms with van der Waals surface area (Å²) < 4.78 is 18.4. The summed E-state index contributed by atoms with van der Waals surface area (Å²) in [6.45, 7) is 9.31. The first kappa shape index (κ1) is 17.7. The molecule has 1 rings (SSSR count). The van der Waals surface area contributed by atoms with Gasteiger partial charge in [-0.15, -0.1) is 0 Å². The van der Waals surface area contributed by atoms with Crippen molar-refractivity contribution in [1.29, 1.82) is 0 Å². The second-order valence-electron chi connectivity index (χ2n) is 6.38. The van der Waals surface area contributed by atoms with Crippen molar-refractivity contribution >= 4 is 5.78 Å². The van der Waals surface area contributed by atoms with E-state index >= 15 is 0 Å². The van der Waals surface area contributed by atoms with Crippen LogP contribution in [0.1, 0.15) is 46.5 Å². The summed E-state index contributed by atoms with van der Waals surface area (Å²) in [5, 5.41) is 0. The molecule has 1 aliphatic rings. The van der Waals surface area contributed by atoms with Gasteiger partial charge in [-0.25, -0.2) is 4.39 Å². The lowest BCUT2D eigenvalue weighted by atomic mass is 9.73. The Morgan fingerprint density at radius 1 is 1.48 bits per heavy atom. The molecular weight excluding hydrogens is 267 g/mol. The summed E-state index contributed by atoms with van der Waals surface area (Å²) in [5.74, 6) is 1.10. The molecule has 0 aromatic carbocycles. The van der Waals surface area contributed by atoms with E-state index < -0.39 is 6.17 Å². The van der Waals surface area contributed by atoms with Crippen LogP contribution in [0.4, 0.5) is 4.39 Å². The minimum Gasteiger partial charge on any atom is -0.496 e. The predicted octanol–water partition coefficient (Wildman–Crippen LogP) is 4.77. The smallest absolute Gasteiger partial charge is 0.136 e. The molecular formula is C18H27FO2. The number of hydrogen-bond donors (Lipinski definition) is 0. The van der Waals surface area contributed by atoms with Crippen molar-refractivity contribution in [3.05, 3.63) is 36.1 Å². The number of carbonyl (C=O) groups excluding carboxylic acids is 1. The number of alkyl halides is 1. The van der Waals surface area contributed by atoms with Crippen LogP contribution in [0.5, 0.6) is 0 Å². The predicted molar refractivity (Wildman–Crippen MR) is 84.7 cm³/mol. The Kier molecular flexibility index (Phi) is 6.38. The number of ether oxygens (including phenoxy) is 1. The quantitative estimate of drug-likeness (QED) is 0.476. The first-order valence-corrected chi connectivity index (χ1v) is 7.58. The number of hydrogen-bond acceptors (Lipinski definition) is 2. The standard InChI is InChI=1S/C18H27FO2/c1-6-15(17(21-5)11-10-13(2)19)18(3,4)12-16(20)14-8-7-9-14/h6,10-11,13-14H,1,7-9,12H2,2-5H3/b11-10-,17-15-. The van der Waals surface area contributed by atoms with Crippen molar-refractivity contribution in [3.8, 4) is 0 Å². The Hall–Kier alpha value is -1.38. The summed E-state index contributed by atoms with van der Waals surface area (Å²) in [6, 6.07) is 0. The van der Waals surface area contributed by atoms with Crippen LogP contribution in [0.3, 0.4) is 0 Å². The zero-order valence-electron chi connectivity index (χ0n) is 13.6. The van der Waals surface area contributed by atoms with Crippen LogP contribution in [0.2, 0.25) is 0 Å². The molecule has 0 heterocycles. The van der Waals surface area contributed by atoms with Gasteiger partial charge in [0, 0.05) is 17.8 Å². The van der Waals surface area contributed by atoms with Crippen LogP contribution < -0.4 is 0 Å². The van der Waals surface area contributed by atoms with Gasteiger partial charge in [0.05, 0.1) is 7.11 Å². The molecule has 0 N–H and O–H groups in total. The Morgan fingerprint density at radius 2 is 2.10 bits per heavy atom. The van der Waals surface area contributed by atoms with Gasteiger partial charge in [0.25, 0.3) is 0 Å². The molecule has 0 amide bonds. The molecule has 0 bridgehead atoms. The maximum Gasteiger partial charge on any atom is 0.136 e. The van der Waals surface area contributed by atoms with Crippen molar-refractivity contribution in [3.63, 3.8) is 0 Å². The Labute approximate surface area is 127 Å². The third kappa shape index (κ3) is 4.83. The number of Topliss-reactive ketones (excluding diaryl/α,β-unsaturated/α-hetero) is 1. The third-order valence-electron chi connectivity index (χ3n) is 4.11. The molecule has 0 aliphatic heterocycles. The fraction of sp³-hybridized carbons (Fsp3) is 0.611. The van der Waals surface area contributed by atoms with Crippen molar-refractivity contribution in [2.75, 3.05) is 7.11 Å². The molecule has 2 nitrogen and oxygen atoms in total. The highest BCUT2D eigenvalue weighted by molar-refractivity contribution is 5.82. The summed E-state index contributed by atoms with van der Waals surface area (Å²) in [7, 11) is 1.55. The van der Waals surface area contributed by atoms with E-state index in [9.17, 15) is 9.18 Å². The summed E-state index contributed by atoms with van der Waals surface area (Å²) in [5.41, 5.74) is 0.471. The van der Waals surface area contributed by atoms with Gasteiger partial charge in [-0.3, -0.25) is 4.79 Å². The van der Waals surface area contributed by atoms with Crippen LogP contribution in [0.15, 0.2) is 36.1 Å². The van der Waals surface area contributed by atoms with Crippen LogP contribution in [-0.4, -0.2) is 19.1 Å². The van der Waals surface area contributed by atoms with Gasteiger partial charge < -0.3 is 4.74 Å². The van der Waals surface area contributed by atoms with Gasteiger partial charge in [0.1, 0.15) is 17.7 Å². The molecule has 1 aliphatic carbocycles. The van der Waals surface area contributed by atoms with Crippen LogP contribution in [-0.2, 0) is 9.53 Å². The van der Waals surface area contributed by atoms with E-state index in [1.807, 2.05) is 13.8 Å². The van der Waals surface area contributed by atoms with E-state index in [-0.39, 0.29) is 11.3 Å². The van der Waals surface area contributed by atoms with E-state index in [2.05, 4.69) is 6.58 Å². The lowest BCUT2D eigenvalue weighted by Gasteiger charge is -2.31. The highest BCUT2D eigenvalue weighted by atomic mass is 19.1. The number of carbonyl (C=O) groups is 1. The average Bonchev–Trinajstić information content (AvgIpc) is 2.30. The summed E-state index contributed by atoms with van der Waals surface area (Å²) in [6.07, 6.45) is 7.37. The topological polar surface area (TPSA) is 26.3 Å². The number of ketones is 1. The van der Waals surface area contributed by atoms with E-state index in [4.69, 9.17) is 4.74 Å². The highest BCUT2D eigenvalue weighted by Crippen LogP contribution is 2.38. The minimum absolute atomic E-state index is 0.225. The van der Waals surface area contributed by atoms with Crippen molar-refractivity contribution in [2.45, 2.75) is 52.6 Å². The molecule has 21 heavy (non-hydrogen) atoms. The second-order valence-corrected chi connectivity index (χ2v) is 6.38. The normalized spacial score (nSPS) is 18.9. The lowest BCUT2D eigenvalue weighted by Crippen LogP contribution is -2.28. The molecule has 1 atom stereocenters. The van der Waals surface area contributed by atoms with E-state index in [1.165, 1.54) is 13.0 Å². The molecule has 0 saturated heterocycles. The maximum absolute atomic E-state index is 13.0. The molecule has 0 spiro atoms. The molecule has 0 aromatic rings. The molecule has 1 fully saturated rings. The maximum atomic E-state index is 13.0. The number of allylic oxidation sites excluding steroid dienone is 4. The van der Waals surface area contributed by atoms with Crippen molar-refractivity contribution in [2.24, 2.45) is 11.3 Å². The SMILES string of the molecule is C=C/C(=C(\C=C/C(C)F)OC)C(C)(C)CC(=O)C1CCC1. The molecule has 1 saturated carbocycles. The first-order chi connectivity index (χ1) is 9.81. The van der Waals surface area contributed by atoms with E-state index in [0.29, 0.717) is 18.0 Å². The fourth-order valence-electron chi connectivity index (χ4n) is 2.60. The van der Waals surface area contributed by atoms with Gasteiger partial charge in [0.15, 0.2) is 0 Å². The number of methoxy groups -OCH3 is 1. The third-order valence-corrected chi connectivity index (χ3v) is 4.11. The van der Waals surface area contributed by atoms with Gasteiger partial charge in [-0.05, 0) is 37.5 Å². The Morgan fingerprint density at radius 3 is 2.48 bits per heavy atom. The van der Waals surface area contributed by atoms with E-state index in [1.54, 1.807) is 19.3 Å². The van der Waals surface area contributed by atoms with Gasteiger partial charge in [-0.2, -0.15) is 0 Å². The van der Waals surface area contributed by atoms with Crippen LogP contribution >= 0.6 is 0 Å². The number of halogens is 1. The Bertz CT molecular complexity index is 440. The average molecular weight is 294 g/mol. The van der Waals surface area contributed by atoms with Gasteiger partial charge in [0.2, 0.25) is 0 Å². The van der Waals surface area contributed by atoms with Crippen LogP contribution in [0.25, 0.3) is 0 Å². The van der Waals surface area contributed by atoms with Crippen molar-refractivity contribution in [1.82, 2.24) is 0 Å². The molecule has 0 aromatic heterocycles. The second kappa shape index (κ2) is 7.58. The summed E-state index contributed by atoms with van der Waals surface area (Å²) in [4.78, 5) is 12.3. The fourth-order valence-corrected chi connectivity index (χ4v) is 2.60. The van der Waals surface area contributed by atoms with Gasteiger partial charge >= 0.3 is 0 Å². The molecule has 3 heteroatoms. The Balaban J connectivity index is 2.96. The first-order valence-electron chi connectivity index (χ1n) is 7.58. The number of rotatable bonds is 8. The van der Waals surface area contributed by atoms with Crippen LogP contribution in [0, 0.1) is 11.3 Å². The van der Waals surface area contributed by atoms with Crippen molar-refractivity contribution < 1.29 is 13.9 Å². The van der Waals surface area contributed by atoms with Gasteiger partial charge in [-0.1, -0.05) is 32.9 Å². The summed E-state index contributed by atoms with van der Waals surface area (Å²) >= 11 is 0. The largest absolute Gasteiger partial charge is 0.496 e.